The topological polar surface area (TPSA) is 39.4 Å². The quantitative estimate of drug-likeness (QED) is 0.412. The molecule has 2 aromatic rings. The molecule has 142 valence electrons. The monoisotopic (exact) mass is 372 g/mol. The van der Waals surface area contributed by atoms with Crippen molar-refractivity contribution in [3.05, 3.63) is 47.9 Å². The smallest absolute Gasteiger partial charge is 0.373 e. The minimum atomic E-state index is -1.71. The Bertz CT molecular complexity index is 707. The number of hydrogen-bond donors (Lipinski definition) is 0. The van der Waals surface area contributed by atoms with Crippen LogP contribution in [0.4, 0.5) is 0 Å². The van der Waals surface area contributed by atoms with Gasteiger partial charge in [-0.25, -0.2) is 4.79 Å². The van der Waals surface area contributed by atoms with Crippen molar-refractivity contribution >= 4 is 14.0 Å². The molecule has 3 nitrogen and oxygen atoms in total. The lowest BCUT2D eigenvalue weighted by Crippen LogP contribution is -2.47. The van der Waals surface area contributed by atoms with Crippen LogP contribution in [0.15, 0.2) is 40.8 Å². The van der Waals surface area contributed by atoms with Crippen LogP contribution in [0.5, 0.6) is 0 Å². The van der Waals surface area contributed by atoms with Crippen molar-refractivity contribution in [1.82, 2.24) is 0 Å². The number of furan rings is 1. The van der Waals surface area contributed by atoms with Crippen LogP contribution >= 0.6 is 0 Å². The average molecular weight is 373 g/mol. The van der Waals surface area contributed by atoms with Crippen LogP contribution in [0.2, 0.25) is 16.6 Å². The van der Waals surface area contributed by atoms with Gasteiger partial charge < -0.3 is 9.15 Å². The molecule has 0 radical (unpaired) electrons. The van der Waals surface area contributed by atoms with Crippen LogP contribution < -0.4 is 0 Å². The molecule has 0 fully saturated rings. The molecule has 1 aromatic carbocycles. The first-order valence-corrected chi connectivity index (χ1v) is 11.9. The van der Waals surface area contributed by atoms with E-state index in [4.69, 9.17) is 9.15 Å². The van der Waals surface area contributed by atoms with E-state index < -0.39 is 14.0 Å². The third-order valence-electron chi connectivity index (χ3n) is 5.97. The van der Waals surface area contributed by atoms with E-state index >= 15 is 0 Å². The second-order valence-electron chi connectivity index (χ2n) is 8.06. The lowest BCUT2D eigenvalue weighted by atomic mass is 10.1. The zero-order chi connectivity index (χ0) is 19.5. The van der Waals surface area contributed by atoms with Gasteiger partial charge >= 0.3 is 5.97 Å². The molecule has 0 saturated heterocycles. The fourth-order valence-corrected chi connectivity index (χ4v) is 10.6. The summed E-state index contributed by atoms with van der Waals surface area (Å²) in [4.78, 5) is 12.1. The predicted octanol–water partition coefficient (Wildman–Crippen LogP) is 6.49. The van der Waals surface area contributed by atoms with Crippen LogP contribution in [0, 0.1) is 0 Å². The van der Waals surface area contributed by atoms with Gasteiger partial charge in [0.05, 0.1) is 15.2 Å². The van der Waals surface area contributed by atoms with E-state index in [1.54, 1.807) is 0 Å². The van der Waals surface area contributed by atoms with Crippen molar-refractivity contribution < 1.29 is 13.9 Å². The molecule has 0 aliphatic rings. The van der Waals surface area contributed by atoms with Gasteiger partial charge in [0.1, 0.15) is 5.76 Å². The SMILES string of the molecule is COC(=O)c1cc(-c2ccccc2)c(C[Si](C(C)C)(C(C)C)C(C)C)o1. The normalized spacial score (nSPS) is 12.2. The first-order valence-electron chi connectivity index (χ1n) is 9.50. The third-order valence-corrected chi connectivity index (χ3v) is 13.4. The van der Waals surface area contributed by atoms with Gasteiger partial charge in [0.25, 0.3) is 0 Å². The fraction of sp³-hybridized carbons (Fsp3) is 0.500. The number of rotatable bonds is 7. The van der Waals surface area contributed by atoms with Crippen molar-refractivity contribution in [2.24, 2.45) is 0 Å². The maximum Gasteiger partial charge on any atom is 0.373 e. The second-order valence-corrected chi connectivity index (χ2v) is 14.1. The minimum Gasteiger partial charge on any atom is -0.463 e. The van der Waals surface area contributed by atoms with Crippen LogP contribution in [-0.4, -0.2) is 21.2 Å². The summed E-state index contributed by atoms with van der Waals surface area (Å²) in [6, 6.07) is 12.9. The van der Waals surface area contributed by atoms with Crippen LogP contribution in [0.3, 0.4) is 0 Å². The number of esters is 1. The number of hydrogen-bond acceptors (Lipinski definition) is 3. The Morgan fingerprint density at radius 3 is 2.00 bits per heavy atom. The first kappa shape index (κ1) is 20.5. The van der Waals surface area contributed by atoms with Gasteiger partial charge in [-0.05, 0) is 11.6 Å². The molecule has 0 saturated carbocycles. The molecule has 0 aliphatic heterocycles. The molecule has 0 amide bonds. The highest BCUT2D eigenvalue weighted by atomic mass is 28.3. The number of benzene rings is 1. The molecule has 0 spiro atoms. The molecule has 1 heterocycles. The Kier molecular flexibility index (Phi) is 6.51. The molecule has 0 atom stereocenters. The highest BCUT2D eigenvalue weighted by molar-refractivity contribution is 6.83. The summed E-state index contributed by atoms with van der Waals surface area (Å²) in [7, 11) is -0.319. The van der Waals surface area contributed by atoms with E-state index in [-0.39, 0.29) is 0 Å². The maximum absolute atomic E-state index is 12.1. The van der Waals surface area contributed by atoms with Gasteiger partial charge in [0.15, 0.2) is 0 Å². The molecule has 26 heavy (non-hydrogen) atoms. The van der Waals surface area contributed by atoms with Crippen molar-refractivity contribution in [3.63, 3.8) is 0 Å². The van der Waals surface area contributed by atoms with Gasteiger partial charge in [-0.15, -0.1) is 0 Å². The molecule has 0 aliphatic carbocycles. The number of carbonyl (C=O) groups is 1. The standard InChI is InChI=1S/C22H32O3Si/c1-15(2)26(16(3)4,17(5)6)14-21-19(18-11-9-8-10-12-18)13-20(25-21)22(23)24-7/h8-13,15-17H,14H2,1-7H3. The summed E-state index contributed by atoms with van der Waals surface area (Å²) < 4.78 is 11.0. The number of carbonyl (C=O) groups excluding carboxylic acids is 1. The summed E-state index contributed by atoms with van der Waals surface area (Å²) in [6.07, 6.45) is 0. The second kappa shape index (κ2) is 8.25. The summed E-state index contributed by atoms with van der Waals surface area (Å²) in [5, 5.41) is 0. The van der Waals surface area contributed by atoms with E-state index in [9.17, 15) is 4.79 Å². The van der Waals surface area contributed by atoms with Crippen LogP contribution in [0.25, 0.3) is 11.1 Å². The Morgan fingerprint density at radius 2 is 1.54 bits per heavy atom. The Labute approximate surface area is 158 Å². The highest BCUT2D eigenvalue weighted by Gasteiger charge is 2.44. The van der Waals surface area contributed by atoms with Crippen molar-refractivity contribution in [2.75, 3.05) is 7.11 Å². The zero-order valence-corrected chi connectivity index (χ0v) is 18.1. The van der Waals surface area contributed by atoms with Crippen LogP contribution in [-0.2, 0) is 10.8 Å². The molecular weight excluding hydrogens is 340 g/mol. The van der Waals surface area contributed by atoms with E-state index in [2.05, 4.69) is 53.7 Å². The highest BCUT2D eigenvalue weighted by Crippen LogP contribution is 2.45. The first-order chi connectivity index (χ1) is 12.2. The average Bonchev–Trinajstić information content (AvgIpc) is 3.02. The van der Waals surface area contributed by atoms with Crippen molar-refractivity contribution in [1.29, 1.82) is 0 Å². The number of methoxy groups -OCH3 is 1. The molecule has 0 bridgehead atoms. The van der Waals surface area contributed by atoms with E-state index in [0.29, 0.717) is 22.4 Å². The van der Waals surface area contributed by atoms with Gasteiger partial charge in [0.2, 0.25) is 5.76 Å². The largest absolute Gasteiger partial charge is 0.463 e. The predicted molar refractivity (Wildman–Crippen MR) is 110 cm³/mol. The van der Waals surface area contributed by atoms with E-state index in [0.717, 1.165) is 22.9 Å². The third kappa shape index (κ3) is 3.80. The van der Waals surface area contributed by atoms with Gasteiger partial charge in [0, 0.05) is 11.6 Å². The molecule has 4 heteroatoms. The molecule has 0 N–H and O–H groups in total. The maximum atomic E-state index is 12.1. The molecule has 1 aromatic heterocycles. The minimum absolute atomic E-state index is 0.292. The van der Waals surface area contributed by atoms with E-state index in [1.165, 1.54) is 7.11 Å². The summed E-state index contributed by atoms with van der Waals surface area (Å²) in [6.45, 7) is 14.1. The Balaban J connectivity index is 2.60. The number of ether oxygens (including phenoxy) is 1. The van der Waals surface area contributed by atoms with E-state index in [1.807, 2.05) is 24.3 Å². The van der Waals surface area contributed by atoms with Crippen molar-refractivity contribution in [3.8, 4) is 11.1 Å². The fourth-order valence-electron chi connectivity index (χ4n) is 4.51. The lowest BCUT2D eigenvalue weighted by Gasteiger charge is -2.43. The Hall–Kier alpha value is -1.81. The summed E-state index contributed by atoms with van der Waals surface area (Å²) >= 11 is 0. The van der Waals surface area contributed by atoms with Crippen LogP contribution in [0.1, 0.15) is 57.9 Å². The lowest BCUT2D eigenvalue weighted by molar-refractivity contribution is 0.0563. The summed E-state index contributed by atoms with van der Waals surface area (Å²) in [5.74, 6) is 0.805. The van der Waals surface area contributed by atoms with Crippen molar-refractivity contribution in [2.45, 2.75) is 64.2 Å². The van der Waals surface area contributed by atoms with Gasteiger partial charge in [-0.1, -0.05) is 88.5 Å². The molecule has 0 unspecified atom stereocenters. The molecule has 2 rings (SSSR count). The zero-order valence-electron chi connectivity index (χ0n) is 17.1. The summed E-state index contributed by atoms with van der Waals surface area (Å²) in [5.41, 5.74) is 3.97. The Morgan fingerprint density at radius 1 is 1.00 bits per heavy atom. The van der Waals surface area contributed by atoms with Gasteiger partial charge in [-0.2, -0.15) is 0 Å². The molecular formula is C22H32O3Si. The van der Waals surface area contributed by atoms with Gasteiger partial charge in [-0.3, -0.25) is 0 Å².